The number of rotatable bonds is 1. The summed E-state index contributed by atoms with van der Waals surface area (Å²) in [6.45, 7) is 2.35. The Bertz CT molecular complexity index is 501. The molecule has 2 aliphatic rings. The van der Waals surface area contributed by atoms with Crippen molar-refractivity contribution in [3.63, 3.8) is 0 Å². The standard InChI is InChI=1S/C16H19Cl2N/c17-14-2-1-13(11-15(14)18)12-3-5-16(6-4-12)7-9-19-10-8-16/h1-3,11,19H,4-10H2. The molecule has 1 N–H and O–H groups in total. The molecule has 0 saturated carbocycles. The van der Waals surface area contributed by atoms with Gasteiger partial charge in [-0.3, -0.25) is 0 Å². The highest BCUT2D eigenvalue weighted by Gasteiger charge is 2.33. The maximum absolute atomic E-state index is 6.11. The number of piperidine rings is 1. The van der Waals surface area contributed by atoms with Gasteiger partial charge in [-0.05, 0) is 73.9 Å². The molecule has 1 saturated heterocycles. The molecule has 1 nitrogen and oxygen atoms in total. The summed E-state index contributed by atoms with van der Waals surface area (Å²) in [4.78, 5) is 0. The van der Waals surface area contributed by atoms with E-state index in [2.05, 4.69) is 17.5 Å². The van der Waals surface area contributed by atoms with E-state index in [-0.39, 0.29) is 0 Å². The predicted molar refractivity (Wildman–Crippen MR) is 82.8 cm³/mol. The minimum Gasteiger partial charge on any atom is -0.317 e. The maximum atomic E-state index is 6.11. The summed E-state index contributed by atoms with van der Waals surface area (Å²) in [7, 11) is 0. The summed E-state index contributed by atoms with van der Waals surface area (Å²) in [5.41, 5.74) is 3.23. The first kappa shape index (κ1) is 13.5. The number of hydrogen-bond donors (Lipinski definition) is 1. The Morgan fingerprint density at radius 3 is 2.42 bits per heavy atom. The van der Waals surface area contributed by atoms with Crippen LogP contribution in [0.2, 0.25) is 10.0 Å². The van der Waals surface area contributed by atoms with E-state index < -0.39 is 0 Å². The molecule has 102 valence electrons. The molecule has 0 unspecified atom stereocenters. The third-order valence-corrected chi connectivity index (χ3v) is 5.40. The third-order valence-electron chi connectivity index (χ3n) is 4.66. The number of nitrogens with one attached hydrogen (secondary N) is 1. The average Bonchev–Trinajstić information content (AvgIpc) is 2.44. The molecular weight excluding hydrogens is 277 g/mol. The van der Waals surface area contributed by atoms with Crippen LogP contribution in [0.5, 0.6) is 0 Å². The predicted octanol–water partition coefficient (Wildman–Crippen LogP) is 4.93. The van der Waals surface area contributed by atoms with E-state index in [1.54, 1.807) is 0 Å². The molecule has 1 fully saturated rings. The summed E-state index contributed by atoms with van der Waals surface area (Å²) in [5.74, 6) is 0. The van der Waals surface area contributed by atoms with Crippen molar-refractivity contribution >= 4 is 28.8 Å². The molecule has 1 heterocycles. The first-order valence-corrected chi connectivity index (χ1v) is 7.79. The summed E-state index contributed by atoms with van der Waals surface area (Å²) >= 11 is 12.1. The molecule has 0 radical (unpaired) electrons. The molecule has 1 aromatic rings. The fourth-order valence-electron chi connectivity index (χ4n) is 3.31. The monoisotopic (exact) mass is 295 g/mol. The zero-order valence-corrected chi connectivity index (χ0v) is 12.5. The molecule has 1 aromatic carbocycles. The van der Waals surface area contributed by atoms with Gasteiger partial charge in [0, 0.05) is 0 Å². The van der Waals surface area contributed by atoms with Gasteiger partial charge < -0.3 is 5.32 Å². The summed E-state index contributed by atoms with van der Waals surface area (Å²) in [6, 6.07) is 5.98. The second-order valence-electron chi connectivity index (χ2n) is 5.81. The average molecular weight is 296 g/mol. The molecule has 0 atom stereocenters. The van der Waals surface area contributed by atoms with E-state index in [4.69, 9.17) is 23.2 Å². The van der Waals surface area contributed by atoms with Crippen molar-refractivity contribution in [3.05, 3.63) is 39.9 Å². The molecule has 0 bridgehead atoms. The number of benzene rings is 1. The van der Waals surface area contributed by atoms with E-state index in [0.717, 1.165) is 6.42 Å². The smallest absolute Gasteiger partial charge is 0.0598 e. The van der Waals surface area contributed by atoms with Crippen LogP contribution in [0.15, 0.2) is 24.3 Å². The third kappa shape index (κ3) is 2.84. The first-order valence-electron chi connectivity index (χ1n) is 7.04. The van der Waals surface area contributed by atoms with Crippen molar-refractivity contribution in [2.24, 2.45) is 5.41 Å². The molecule has 0 aromatic heterocycles. The Balaban J connectivity index is 1.78. The molecule has 1 aliphatic carbocycles. The van der Waals surface area contributed by atoms with Crippen LogP contribution in [0.25, 0.3) is 5.57 Å². The Morgan fingerprint density at radius 2 is 1.79 bits per heavy atom. The van der Waals surface area contributed by atoms with Gasteiger partial charge in [0.05, 0.1) is 10.0 Å². The minimum absolute atomic E-state index is 0.560. The molecule has 1 aliphatic heterocycles. The van der Waals surface area contributed by atoms with E-state index in [9.17, 15) is 0 Å². The van der Waals surface area contributed by atoms with Gasteiger partial charge in [-0.25, -0.2) is 0 Å². The van der Waals surface area contributed by atoms with Crippen LogP contribution >= 0.6 is 23.2 Å². The lowest BCUT2D eigenvalue weighted by Crippen LogP contribution is -2.37. The van der Waals surface area contributed by atoms with Crippen molar-refractivity contribution in [1.82, 2.24) is 5.32 Å². The summed E-state index contributed by atoms with van der Waals surface area (Å²) in [6.07, 6.45) is 8.74. The Labute approximate surface area is 125 Å². The van der Waals surface area contributed by atoms with E-state index in [1.165, 1.54) is 49.9 Å². The van der Waals surface area contributed by atoms with Gasteiger partial charge in [0.25, 0.3) is 0 Å². The molecule has 1 spiro atoms. The summed E-state index contributed by atoms with van der Waals surface area (Å²) < 4.78 is 0. The fourth-order valence-corrected chi connectivity index (χ4v) is 3.61. The van der Waals surface area contributed by atoms with E-state index in [1.807, 2.05) is 12.1 Å². The quantitative estimate of drug-likeness (QED) is 0.774. The van der Waals surface area contributed by atoms with Gasteiger partial charge >= 0.3 is 0 Å². The highest BCUT2D eigenvalue weighted by Crippen LogP contribution is 2.44. The highest BCUT2D eigenvalue weighted by molar-refractivity contribution is 6.42. The molecule has 0 amide bonds. The van der Waals surface area contributed by atoms with Crippen molar-refractivity contribution < 1.29 is 0 Å². The second-order valence-corrected chi connectivity index (χ2v) is 6.63. The number of hydrogen-bond acceptors (Lipinski definition) is 1. The van der Waals surface area contributed by atoms with Crippen LogP contribution in [-0.4, -0.2) is 13.1 Å². The number of allylic oxidation sites excluding steroid dienone is 2. The van der Waals surface area contributed by atoms with Crippen LogP contribution in [0, 0.1) is 5.41 Å². The highest BCUT2D eigenvalue weighted by atomic mass is 35.5. The Hall–Kier alpha value is -0.500. The van der Waals surface area contributed by atoms with Gasteiger partial charge in [0.2, 0.25) is 0 Å². The van der Waals surface area contributed by atoms with Crippen molar-refractivity contribution in [3.8, 4) is 0 Å². The van der Waals surface area contributed by atoms with E-state index >= 15 is 0 Å². The van der Waals surface area contributed by atoms with Gasteiger partial charge in [0.15, 0.2) is 0 Å². The van der Waals surface area contributed by atoms with Crippen LogP contribution < -0.4 is 5.32 Å². The number of halogens is 2. The van der Waals surface area contributed by atoms with Gasteiger partial charge in [-0.15, -0.1) is 0 Å². The zero-order chi connectivity index (χ0) is 13.3. The van der Waals surface area contributed by atoms with Crippen LogP contribution in [-0.2, 0) is 0 Å². The lowest BCUT2D eigenvalue weighted by molar-refractivity contribution is 0.184. The summed E-state index contributed by atoms with van der Waals surface area (Å²) in [5, 5.41) is 4.75. The van der Waals surface area contributed by atoms with Crippen LogP contribution in [0.4, 0.5) is 0 Å². The SMILES string of the molecule is Clc1ccc(C2=CCC3(CCNCC3)CC2)cc1Cl. The van der Waals surface area contributed by atoms with Crippen molar-refractivity contribution in [2.75, 3.05) is 13.1 Å². The lowest BCUT2D eigenvalue weighted by atomic mass is 9.68. The normalized spacial score (nSPS) is 22.3. The molecule has 3 heteroatoms. The first-order chi connectivity index (χ1) is 9.19. The largest absolute Gasteiger partial charge is 0.317 e. The molecule has 19 heavy (non-hydrogen) atoms. The Kier molecular flexibility index (Phi) is 3.88. The maximum Gasteiger partial charge on any atom is 0.0598 e. The zero-order valence-electron chi connectivity index (χ0n) is 11.0. The van der Waals surface area contributed by atoms with Crippen molar-refractivity contribution in [1.29, 1.82) is 0 Å². The van der Waals surface area contributed by atoms with Crippen LogP contribution in [0.1, 0.15) is 37.7 Å². The molecular formula is C16H19Cl2N. The Morgan fingerprint density at radius 1 is 1.00 bits per heavy atom. The topological polar surface area (TPSA) is 12.0 Å². The minimum atomic E-state index is 0.560. The lowest BCUT2D eigenvalue weighted by Gasteiger charge is -2.40. The van der Waals surface area contributed by atoms with Gasteiger partial charge in [0.1, 0.15) is 0 Å². The second kappa shape index (κ2) is 5.47. The van der Waals surface area contributed by atoms with Crippen LogP contribution in [0.3, 0.4) is 0 Å². The fraction of sp³-hybridized carbons (Fsp3) is 0.500. The molecule has 3 rings (SSSR count). The van der Waals surface area contributed by atoms with Crippen molar-refractivity contribution in [2.45, 2.75) is 32.1 Å². The van der Waals surface area contributed by atoms with Gasteiger partial charge in [-0.2, -0.15) is 0 Å². The van der Waals surface area contributed by atoms with E-state index in [0.29, 0.717) is 15.5 Å². The van der Waals surface area contributed by atoms with Gasteiger partial charge in [-0.1, -0.05) is 35.3 Å².